The van der Waals surface area contributed by atoms with Gasteiger partial charge >= 0.3 is 0 Å². The summed E-state index contributed by atoms with van der Waals surface area (Å²) in [6, 6.07) is 10.9. The number of hydrogen-bond acceptors (Lipinski definition) is 5. The molecule has 1 heterocycles. The number of halogens is 1. The van der Waals surface area contributed by atoms with Crippen LogP contribution in [0.4, 0.5) is 0 Å². The van der Waals surface area contributed by atoms with Crippen LogP contribution in [0.1, 0.15) is 30.1 Å². The molecule has 0 atom stereocenters. The molecule has 3 rings (SSSR count). The van der Waals surface area contributed by atoms with Crippen molar-refractivity contribution in [1.29, 1.82) is 0 Å². The SMILES string of the molecule is CCCCN(C)C(=O)c1cc(-c2cc(Cl)ccc2OC)cc(-n2cnnn2)c1. The van der Waals surface area contributed by atoms with Gasteiger partial charge in [0.25, 0.3) is 5.91 Å². The zero-order valence-electron chi connectivity index (χ0n) is 16.1. The molecule has 0 saturated heterocycles. The maximum atomic E-state index is 13.0. The van der Waals surface area contributed by atoms with Gasteiger partial charge in [-0.2, -0.15) is 0 Å². The molecule has 0 N–H and O–H groups in total. The molecule has 0 fully saturated rings. The summed E-state index contributed by atoms with van der Waals surface area (Å²) >= 11 is 6.20. The van der Waals surface area contributed by atoms with Crippen LogP contribution in [0.2, 0.25) is 5.02 Å². The summed E-state index contributed by atoms with van der Waals surface area (Å²) in [5.74, 6) is 0.599. The molecule has 0 aliphatic carbocycles. The molecule has 1 amide bonds. The standard InChI is InChI=1S/C20H22ClN5O2/c1-4-5-8-25(2)20(27)15-9-14(10-17(11-15)26-13-22-23-24-26)18-12-16(21)6-7-19(18)28-3/h6-7,9-13H,4-5,8H2,1-3H3. The number of amides is 1. The van der Waals surface area contributed by atoms with Gasteiger partial charge in [-0.25, -0.2) is 4.68 Å². The second-order valence-electron chi connectivity index (χ2n) is 6.45. The predicted molar refractivity (Wildman–Crippen MR) is 108 cm³/mol. The number of hydrogen-bond donors (Lipinski definition) is 0. The fourth-order valence-corrected chi connectivity index (χ4v) is 3.10. The van der Waals surface area contributed by atoms with Gasteiger partial charge in [-0.1, -0.05) is 24.9 Å². The fourth-order valence-electron chi connectivity index (χ4n) is 2.93. The minimum absolute atomic E-state index is 0.0642. The summed E-state index contributed by atoms with van der Waals surface area (Å²) in [4.78, 5) is 14.7. The van der Waals surface area contributed by atoms with Gasteiger partial charge in [-0.15, -0.1) is 5.10 Å². The zero-order valence-corrected chi connectivity index (χ0v) is 16.8. The molecular formula is C20H22ClN5O2. The highest BCUT2D eigenvalue weighted by molar-refractivity contribution is 6.31. The average Bonchev–Trinajstić information content (AvgIpc) is 3.26. The van der Waals surface area contributed by atoms with Crippen molar-refractivity contribution in [3.8, 4) is 22.6 Å². The quantitative estimate of drug-likeness (QED) is 0.603. The maximum absolute atomic E-state index is 13.0. The van der Waals surface area contributed by atoms with Gasteiger partial charge in [0.1, 0.15) is 12.1 Å². The first-order chi connectivity index (χ1) is 13.5. The van der Waals surface area contributed by atoms with Crippen molar-refractivity contribution in [3.63, 3.8) is 0 Å². The lowest BCUT2D eigenvalue weighted by molar-refractivity contribution is 0.0793. The van der Waals surface area contributed by atoms with Gasteiger partial charge in [0, 0.05) is 29.7 Å². The Morgan fingerprint density at radius 3 is 2.75 bits per heavy atom. The van der Waals surface area contributed by atoms with E-state index in [0.717, 1.165) is 24.0 Å². The number of benzene rings is 2. The molecule has 0 radical (unpaired) electrons. The number of tetrazole rings is 1. The van der Waals surface area contributed by atoms with Crippen LogP contribution in [-0.2, 0) is 0 Å². The van der Waals surface area contributed by atoms with Crippen molar-refractivity contribution in [1.82, 2.24) is 25.1 Å². The molecule has 7 nitrogen and oxygen atoms in total. The van der Waals surface area contributed by atoms with Gasteiger partial charge in [0.2, 0.25) is 0 Å². The Bertz CT molecular complexity index is 959. The first kappa shape index (κ1) is 19.8. The van der Waals surface area contributed by atoms with E-state index in [0.29, 0.717) is 28.6 Å². The minimum atomic E-state index is -0.0642. The van der Waals surface area contributed by atoms with Crippen molar-refractivity contribution in [2.24, 2.45) is 0 Å². The van der Waals surface area contributed by atoms with Gasteiger partial charge in [0.05, 0.1) is 12.8 Å². The summed E-state index contributed by atoms with van der Waals surface area (Å²) < 4.78 is 7.00. The molecule has 0 saturated carbocycles. The second-order valence-corrected chi connectivity index (χ2v) is 6.88. The Hall–Kier alpha value is -2.93. The molecule has 8 heteroatoms. The lowest BCUT2D eigenvalue weighted by atomic mass is 10.0. The zero-order chi connectivity index (χ0) is 20.1. The molecule has 0 unspecified atom stereocenters. The highest BCUT2D eigenvalue weighted by Gasteiger charge is 2.17. The van der Waals surface area contributed by atoms with E-state index in [1.165, 1.54) is 11.0 Å². The van der Waals surface area contributed by atoms with E-state index in [2.05, 4.69) is 22.4 Å². The Morgan fingerprint density at radius 1 is 1.25 bits per heavy atom. The smallest absolute Gasteiger partial charge is 0.253 e. The number of methoxy groups -OCH3 is 1. The Balaban J connectivity index is 2.12. The molecule has 28 heavy (non-hydrogen) atoms. The van der Waals surface area contributed by atoms with E-state index in [-0.39, 0.29) is 5.91 Å². The Morgan fingerprint density at radius 2 is 2.07 bits per heavy atom. The molecule has 0 aliphatic heterocycles. The third-order valence-electron chi connectivity index (χ3n) is 4.44. The van der Waals surface area contributed by atoms with E-state index < -0.39 is 0 Å². The molecule has 0 spiro atoms. The third-order valence-corrected chi connectivity index (χ3v) is 4.68. The summed E-state index contributed by atoms with van der Waals surface area (Å²) in [7, 11) is 3.41. The normalized spacial score (nSPS) is 10.7. The first-order valence-corrected chi connectivity index (χ1v) is 9.39. The van der Waals surface area contributed by atoms with Gasteiger partial charge in [0.15, 0.2) is 0 Å². The number of nitrogens with zero attached hydrogens (tertiary/aromatic N) is 5. The van der Waals surface area contributed by atoms with Crippen LogP contribution in [-0.4, -0.2) is 51.7 Å². The Kier molecular flexibility index (Phi) is 6.26. The minimum Gasteiger partial charge on any atom is -0.496 e. The van der Waals surface area contributed by atoms with Crippen molar-refractivity contribution in [3.05, 3.63) is 53.3 Å². The summed E-state index contributed by atoms with van der Waals surface area (Å²) in [5, 5.41) is 11.9. The topological polar surface area (TPSA) is 73.1 Å². The van der Waals surface area contributed by atoms with Crippen LogP contribution >= 0.6 is 11.6 Å². The highest BCUT2D eigenvalue weighted by atomic mass is 35.5. The van der Waals surface area contributed by atoms with Crippen LogP contribution in [0, 0.1) is 0 Å². The lowest BCUT2D eigenvalue weighted by Gasteiger charge is -2.18. The Labute approximate surface area is 168 Å². The number of unbranched alkanes of at least 4 members (excludes halogenated alkanes) is 1. The molecule has 3 aromatic rings. The van der Waals surface area contributed by atoms with E-state index >= 15 is 0 Å². The fraction of sp³-hybridized carbons (Fsp3) is 0.300. The lowest BCUT2D eigenvalue weighted by Crippen LogP contribution is -2.27. The largest absolute Gasteiger partial charge is 0.496 e. The van der Waals surface area contributed by atoms with Crippen molar-refractivity contribution in [2.75, 3.05) is 20.7 Å². The van der Waals surface area contributed by atoms with Crippen LogP contribution in [0.25, 0.3) is 16.8 Å². The number of ether oxygens (including phenoxy) is 1. The van der Waals surface area contributed by atoms with Crippen LogP contribution in [0.3, 0.4) is 0 Å². The van der Waals surface area contributed by atoms with Crippen LogP contribution in [0.5, 0.6) is 5.75 Å². The molecule has 1 aromatic heterocycles. The second kappa shape index (κ2) is 8.84. The number of aromatic nitrogens is 4. The summed E-state index contributed by atoms with van der Waals surface area (Å²) in [6.07, 6.45) is 3.46. The maximum Gasteiger partial charge on any atom is 0.253 e. The predicted octanol–water partition coefficient (Wildman–Crippen LogP) is 3.86. The molecular weight excluding hydrogens is 378 g/mol. The van der Waals surface area contributed by atoms with Crippen molar-refractivity contribution < 1.29 is 9.53 Å². The van der Waals surface area contributed by atoms with Crippen LogP contribution in [0.15, 0.2) is 42.7 Å². The highest BCUT2D eigenvalue weighted by Crippen LogP contribution is 2.34. The van der Waals surface area contributed by atoms with Crippen molar-refractivity contribution >= 4 is 17.5 Å². The molecule has 146 valence electrons. The molecule has 0 bridgehead atoms. The van der Waals surface area contributed by atoms with Gasteiger partial charge in [-0.05, 0) is 58.8 Å². The summed E-state index contributed by atoms with van der Waals surface area (Å²) in [5.41, 5.74) is 2.80. The third kappa shape index (κ3) is 4.31. The van der Waals surface area contributed by atoms with Gasteiger partial charge < -0.3 is 9.64 Å². The van der Waals surface area contributed by atoms with E-state index in [1.54, 1.807) is 37.3 Å². The number of carbonyl (C=O) groups is 1. The van der Waals surface area contributed by atoms with Crippen molar-refractivity contribution in [2.45, 2.75) is 19.8 Å². The van der Waals surface area contributed by atoms with E-state index in [1.807, 2.05) is 18.2 Å². The number of carbonyl (C=O) groups excluding carboxylic acids is 1. The van der Waals surface area contributed by atoms with Gasteiger partial charge in [-0.3, -0.25) is 4.79 Å². The van der Waals surface area contributed by atoms with E-state index in [4.69, 9.17) is 16.3 Å². The monoisotopic (exact) mass is 399 g/mol. The summed E-state index contributed by atoms with van der Waals surface area (Å²) in [6.45, 7) is 2.79. The first-order valence-electron chi connectivity index (χ1n) is 9.01. The average molecular weight is 400 g/mol. The molecule has 0 aliphatic rings. The molecule has 2 aromatic carbocycles. The number of rotatable bonds is 7. The van der Waals surface area contributed by atoms with Crippen LogP contribution < -0.4 is 4.74 Å². The van der Waals surface area contributed by atoms with E-state index in [9.17, 15) is 4.79 Å².